The van der Waals surface area contributed by atoms with E-state index in [4.69, 9.17) is 5.73 Å². The quantitative estimate of drug-likeness (QED) is 0.515. The van der Waals surface area contributed by atoms with E-state index in [1.807, 2.05) is 5.38 Å². The van der Waals surface area contributed by atoms with Crippen LogP contribution in [0.3, 0.4) is 0 Å². The van der Waals surface area contributed by atoms with Gasteiger partial charge in [-0.05, 0) is 37.9 Å². The topological polar surface area (TPSA) is 88.2 Å². The number of thiazole rings is 1. The van der Waals surface area contributed by atoms with E-state index in [1.165, 1.54) is 6.07 Å². The van der Waals surface area contributed by atoms with E-state index in [1.54, 1.807) is 29.5 Å². The fourth-order valence-electron chi connectivity index (χ4n) is 2.08. The molecule has 6 heteroatoms. The third kappa shape index (κ3) is 5.13. The number of nitrogens with one attached hydrogen (secondary N) is 1. The van der Waals surface area contributed by atoms with E-state index in [2.05, 4.69) is 10.3 Å². The molecule has 5 nitrogen and oxygen atoms in total. The minimum Gasteiger partial charge on any atom is -0.506 e. The van der Waals surface area contributed by atoms with Gasteiger partial charge in [-0.2, -0.15) is 0 Å². The number of nitrogens with zero attached hydrogens (tertiary/aromatic N) is 1. The maximum Gasteiger partial charge on any atom is 0.230 e. The van der Waals surface area contributed by atoms with Gasteiger partial charge in [0.2, 0.25) is 5.91 Å². The first-order valence-electron chi connectivity index (χ1n) is 7.40. The number of amides is 1. The molecule has 2 rings (SSSR count). The summed E-state index contributed by atoms with van der Waals surface area (Å²) < 4.78 is 0. The molecule has 0 saturated carbocycles. The van der Waals surface area contributed by atoms with Crippen molar-refractivity contribution < 1.29 is 9.90 Å². The zero-order valence-corrected chi connectivity index (χ0v) is 13.2. The highest BCUT2D eigenvalue weighted by Gasteiger charge is 2.09. The van der Waals surface area contributed by atoms with Crippen LogP contribution in [0, 0.1) is 0 Å². The molecule has 0 bridgehead atoms. The number of rotatable bonds is 8. The number of aryl methyl sites for hydroxylation is 1. The molecule has 118 valence electrons. The Hall–Kier alpha value is -1.92. The van der Waals surface area contributed by atoms with Crippen molar-refractivity contribution in [1.29, 1.82) is 0 Å². The Kier molecular flexibility index (Phi) is 6.36. The highest BCUT2D eigenvalue weighted by Crippen LogP contribution is 2.22. The molecule has 1 amide bonds. The van der Waals surface area contributed by atoms with Crippen molar-refractivity contribution >= 4 is 22.9 Å². The van der Waals surface area contributed by atoms with E-state index in [-0.39, 0.29) is 18.1 Å². The molecular weight excluding hydrogens is 298 g/mol. The van der Waals surface area contributed by atoms with Crippen LogP contribution in [0.1, 0.15) is 30.0 Å². The molecule has 1 aromatic carbocycles. The average molecular weight is 319 g/mol. The maximum atomic E-state index is 12.0. The van der Waals surface area contributed by atoms with Gasteiger partial charge in [-0.1, -0.05) is 18.6 Å². The highest BCUT2D eigenvalue weighted by atomic mass is 32.1. The summed E-state index contributed by atoms with van der Waals surface area (Å²) >= 11 is 1.59. The van der Waals surface area contributed by atoms with Gasteiger partial charge in [0.05, 0.1) is 22.8 Å². The van der Waals surface area contributed by atoms with Gasteiger partial charge in [-0.15, -0.1) is 11.3 Å². The number of anilines is 1. The summed E-state index contributed by atoms with van der Waals surface area (Å²) in [6.45, 7) is 0.732. The van der Waals surface area contributed by atoms with Gasteiger partial charge in [0, 0.05) is 5.38 Å². The van der Waals surface area contributed by atoms with Crippen LogP contribution in [0.4, 0.5) is 5.69 Å². The van der Waals surface area contributed by atoms with Gasteiger partial charge in [0.25, 0.3) is 0 Å². The third-order valence-electron chi connectivity index (χ3n) is 3.21. The number of carbonyl (C=O) groups excluding carboxylic acids is 1. The van der Waals surface area contributed by atoms with Crippen LogP contribution < -0.4 is 11.1 Å². The molecule has 2 aromatic rings. The van der Waals surface area contributed by atoms with Gasteiger partial charge < -0.3 is 16.2 Å². The summed E-state index contributed by atoms with van der Waals surface area (Å²) in [5, 5.41) is 15.3. The van der Waals surface area contributed by atoms with Crippen LogP contribution in [0.25, 0.3) is 0 Å². The number of para-hydroxylation sites is 2. The van der Waals surface area contributed by atoms with Crippen LogP contribution in [-0.4, -0.2) is 22.5 Å². The van der Waals surface area contributed by atoms with E-state index in [0.29, 0.717) is 5.69 Å². The molecule has 0 aliphatic heterocycles. The second-order valence-corrected chi connectivity index (χ2v) is 6.02. The summed E-state index contributed by atoms with van der Waals surface area (Å²) in [5.41, 5.74) is 6.66. The predicted octanol–water partition coefficient (Wildman–Crippen LogP) is 2.70. The molecule has 22 heavy (non-hydrogen) atoms. The number of aromatic nitrogens is 1. The fourth-order valence-corrected chi connectivity index (χ4v) is 2.92. The molecule has 0 radical (unpaired) electrons. The van der Waals surface area contributed by atoms with Crippen LogP contribution >= 0.6 is 11.3 Å². The number of benzene rings is 1. The standard InChI is InChI=1S/C16H21N3O2S/c17-9-5-1-2-8-16-18-12(11-22-16)10-15(21)19-13-6-3-4-7-14(13)20/h3-4,6-7,11,20H,1-2,5,8-10,17H2,(H,19,21). The lowest BCUT2D eigenvalue weighted by Gasteiger charge is -2.05. The van der Waals surface area contributed by atoms with Gasteiger partial charge in [0.1, 0.15) is 5.75 Å². The van der Waals surface area contributed by atoms with Crippen molar-refractivity contribution in [2.24, 2.45) is 5.73 Å². The van der Waals surface area contributed by atoms with Crippen molar-refractivity contribution in [3.63, 3.8) is 0 Å². The first-order valence-corrected chi connectivity index (χ1v) is 8.28. The van der Waals surface area contributed by atoms with E-state index >= 15 is 0 Å². The number of phenols is 1. The minimum absolute atomic E-state index is 0.0646. The van der Waals surface area contributed by atoms with Crippen molar-refractivity contribution in [2.75, 3.05) is 11.9 Å². The molecule has 0 atom stereocenters. The Balaban J connectivity index is 1.82. The van der Waals surface area contributed by atoms with Gasteiger partial charge in [-0.25, -0.2) is 4.98 Å². The fraction of sp³-hybridized carbons (Fsp3) is 0.375. The summed E-state index contributed by atoms with van der Waals surface area (Å²) in [6.07, 6.45) is 4.38. The average Bonchev–Trinajstić information content (AvgIpc) is 2.93. The Morgan fingerprint density at radius 2 is 2.09 bits per heavy atom. The zero-order valence-electron chi connectivity index (χ0n) is 12.4. The Morgan fingerprint density at radius 3 is 2.86 bits per heavy atom. The Morgan fingerprint density at radius 1 is 1.27 bits per heavy atom. The molecular formula is C16H21N3O2S. The smallest absolute Gasteiger partial charge is 0.230 e. The Bertz CT molecular complexity index is 613. The lowest BCUT2D eigenvalue weighted by Crippen LogP contribution is -2.14. The summed E-state index contributed by atoms with van der Waals surface area (Å²) in [5.74, 6) is -0.115. The maximum absolute atomic E-state index is 12.0. The van der Waals surface area contributed by atoms with Crippen LogP contribution in [0.2, 0.25) is 0 Å². The van der Waals surface area contributed by atoms with Crippen LogP contribution in [0.5, 0.6) is 5.75 Å². The van der Waals surface area contributed by atoms with E-state index in [0.717, 1.165) is 42.9 Å². The highest BCUT2D eigenvalue weighted by molar-refractivity contribution is 7.09. The lowest BCUT2D eigenvalue weighted by molar-refractivity contribution is -0.115. The van der Waals surface area contributed by atoms with Crippen LogP contribution in [-0.2, 0) is 17.6 Å². The number of hydrogen-bond acceptors (Lipinski definition) is 5. The normalized spacial score (nSPS) is 10.6. The number of phenolic OH excluding ortho intramolecular Hbond substituents is 1. The zero-order chi connectivity index (χ0) is 15.8. The molecule has 0 saturated heterocycles. The summed E-state index contributed by atoms with van der Waals surface area (Å²) in [4.78, 5) is 16.4. The van der Waals surface area contributed by atoms with E-state index < -0.39 is 0 Å². The molecule has 0 unspecified atom stereocenters. The number of unbranched alkanes of at least 4 members (excludes halogenated alkanes) is 2. The summed E-state index contributed by atoms with van der Waals surface area (Å²) in [7, 11) is 0. The second-order valence-electron chi connectivity index (χ2n) is 5.07. The number of aromatic hydroxyl groups is 1. The van der Waals surface area contributed by atoms with Crippen molar-refractivity contribution in [3.8, 4) is 5.75 Å². The largest absolute Gasteiger partial charge is 0.506 e. The lowest BCUT2D eigenvalue weighted by atomic mass is 10.2. The van der Waals surface area contributed by atoms with Gasteiger partial charge >= 0.3 is 0 Å². The first kappa shape index (κ1) is 16.5. The summed E-state index contributed by atoms with van der Waals surface area (Å²) in [6, 6.07) is 6.68. The van der Waals surface area contributed by atoms with Crippen molar-refractivity contribution in [1.82, 2.24) is 4.98 Å². The van der Waals surface area contributed by atoms with Crippen LogP contribution in [0.15, 0.2) is 29.6 Å². The molecule has 1 aromatic heterocycles. The third-order valence-corrected chi connectivity index (χ3v) is 4.17. The molecule has 4 N–H and O–H groups in total. The monoisotopic (exact) mass is 319 g/mol. The molecule has 1 heterocycles. The van der Waals surface area contributed by atoms with Crippen molar-refractivity contribution in [2.45, 2.75) is 32.1 Å². The number of hydrogen-bond donors (Lipinski definition) is 3. The first-order chi connectivity index (χ1) is 10.7. The SMILES string of the molecule is NCCCCCc1nc(CC(=O)Nc2ccccc2O)cs1. The predicted molar refractivity (Wildman–Crippen MR) is 89.2 cm³/mol. The van der Waals surface area contributed by atoms with E-state index in [9.17, 15) is 9.90 Å². The minimum atomic E-state index is -0.179. The number of nitrogens with two attached hydrogens (primary N) is 1. The van der Waals surface area contributed by atoms with Gasteiger partial charge in [0.15, 0.2) is 0 Å². The number of carbonyl (C=O) groups is 1. The molecule has 0 aliphatic carbocycles. The molecule has 0 fully saturated rings. The second kappa shape index (κ2) is 8.51. The Labute approximate surface area is 134 Å². The van der Waals surface area contributed by atoms with Gasteiger partial charge in [-0.3, -0.25) is 4.79 Å². The molecule has 0 aliphatic rings. The van der Waals surface area contributed by atoms with Crippen molar-refractivity contribution in [3.05, 3.63) is 40.3 Å². The molecule has 0 spiro atoms.